The Labute approximate surface area is 159 Å². The molecule has 1 N–H and O–H groups in total. The van der Waals surface area contributed by atoms with Gasteiger partial charge in [0.1, 0.15) is 0 Å². The number of benzene rings is 2. The largest absolute Gasteiger partial charge is 0.455 e. The first kappa shape index (κ1) is 18.2. The molecule has 2 aromatic carbocycles. The van der Waals surface area contributed by atoms with Crippen molar-refractivity contribution in [1.82, 2.24) is 4.98 Å². The first-order valence-electron chi connectivity index (χ1n) is 7.79. The first-order valence-corrected chi connectivity index (χ1v) is 9.16. The number of thioether (sulfide) groups is 1. The minimum Gasteiger partial charge on any atom is -0.455 e. The molecule has 5 nitrogen and oxygen atoms in total. The van der Waals surface area contributed by atoms with E-state index in [4.69, 9.17) is 16.3 Å². The highest BCUT2D eigenvalue weighted by Gasteiger charge is 2.10. The van der Waals surface area contributed by atoms with E-state index >= 15 is 0 Å². The third-order valence-corrected chi connectivity index (χ3v) is 4.69. The van der Waals surface area contributed by atoms with E-state index in [0.29, 0.717) is 10.7 Å². The van der Waals surface area contributed by atoms with Gasteiger partial charge >= 0.3 is 5.97 Å². The maximum absolute atomic E-state index is 12.0. The number of hydrogen-bond acceptors (Lipinski definition) is 5. The number of carbonyl (C=O) groups is 2. The zero-order valence-electron chi connectivity index (χ0n) is 13.6. The molecular formula is C19H15ClN2O3S. The summed E-state index contributed by atoms with van der Waals surface area (Å²) in [7, 11) is 0. The van der Waals surface area contributed by atoms with Crippen LogP contribution in [0.5, 0.6) is 0 Å². The molecule has 7 heteroatoms. The summed E-state index contributed by atoms with van der Waals surface area (Å²) in [6, 6.07) is 16.3. The van der Waals surface area contributed by atoms with Crippen LogP contribution in [0.25, 0.3) is 10.9 Å². The Kier molecular flexibility index (Phi) is 6.09. The molecule has 0 aliphatic heterocycles. The Hall–Kier alpha value is -2.57. The smallest absolute Gasteiger partial charge is 0.316 e. The lowest BCUT2D eigenvalue weighted by Gasteiger charge is -2.09. The molecule has 0 atom stereocenters. The Morgan fingerprint density at radius 3 is 2.69 bits per heavy atom. The number of pyridine rings is 1. The first-order chi connectivity index (χ1) is 12.6. The Morgan fingerprint density at radius 1 is 1.08 bits per heavy atom. The molecule has 132 valence electrons. The fraction of sp³-hybridized carbons (Fsp3) is 0.105. The number of carbonyl (C=O) groups excluding carboxylic acids is 2. The monoisotopic (exact) mass is 386 g/mol. The quantitative estimate of drug-likeness (QED) is 0.509. The Balaban J connectivity index is 1.49. The normalized spacial score (nSPS) is 10.5. The van der Waals surface area contributed by atoms with Crippen molar-refractivity contribution in [1.29, 1.82) is 0 Å². The fourth-order valence-corrected chi connectivity index (χ4v) is 3.08. The van der Waals surface area contributed by atoms with Crippen LogP contribution in [0.2, 0.25) is 5.02 Å². The average molecular weight is 387 g/mol. The molecule has 0 unspecified atom stereocenters. The zero-order valence-corrected chi connectivity index (χ0v) is 15.2. The number of nitrogens with one attached hydrogen (secondary N) is 1. The summed E-state index contributed by atoms with van der Waals surface area (Å²) >= 11 is 7.13. The molecule has 1 aromatic heterocycles. The predicted octanol–water partition coefficient (Wildman–Crippen LogP) is 4.16. The molecule has 0 aliphatic rings. The van der Waals surface area contributed by atoms with Gasteiger partial charge in [-0.15, -0.1) is 11.8 Å². The van der Waals surface area contributed by atoms with Crippen LogP contribution in [0.3, 0.4) is 0 Å². The summed E-state index contributed by atoms with van der Waals surface area (Å²) in [4.78, 5) is 29.0. The van der Waals surface area contributed by atoms with Crippen LogP contribution < -0.4 is 5.32 Å². The van der Waals surface area contributed by atoms with Crippen molar-refractivity contribution in [3.63, 3.8) is 0 Å². The number of fused-ring (bicyclic) bond motifs is 1. The van der Waals surface area contributed by atoms with Crippen molar-refractivity contribution < 1.29 is 14.3 Å². The molecule has 26 heavy (non-hydrogen) atoms. The zero-order chi connectivity index (χ0) is 18.4. The van der Waals surface area contributed by atoms with Gasteiger partial charge in [0.25, 0.3) is 5.91 Å². The molecule has 1 heterocycles. The standard InChI is InChI=1S/C19H15ClN2O3S/c20-13-6-8-14(9-7-13)26-12-19(24)25-11-18(23)22-17-5-1-4-16-15(17)3-2-10-21-16/h1-10H,11-12H2,(H,22,23). The van der Waals surface area contributed by atoms with E-state index in [2.05, 4.69) is 10.3 Å². The highest BCUT2D eigenvalue weighted by molar-refractivity contribution is 8.00. The molecule has 0 bridgehead atoms. The summed E-state index contributed by atoms with van der Waals surface area (Å²) in [6.07, 6.45) is 1.69. The van der Waals surface area contributed by atoms with E-state index in [-0.39, 0.29) is 12.4 Å². The van der Waals surface area contributed by atoms with Gasteiger partial charge in [-0.05, 0) is 48.5 Å². The van der Waals surface area contributed by atoms with Crippen molar-refractivity contribution in [2.45, 2.75) is 4.90 Å². The van der Waals surface area contributed by atoms with E-state index in [0.717, 1.165) is 15.8 Å². The maximum atomic E-state index is 12.0. The van der Waals surface area contributed by atoms with Gasteiger partial charge in [-0.25, -0.2) is 0 Å². The van der Waals surface area contributed by atoms with E-state index in [1.165, 1.54) is 11.8 Å². The lowest BCUT2D eigenvalue weighted by molar-refractivity contribution is -0.144. The Bertz CT molecular complexity index is 926. The van der Waals surface area contributed by atoms with Crippen LogP contribution in [0.1, 0.15) is 0 Å². The van der Waals surface area contributed by atoms with Crippen molar-refractivity contribution >= 4 is 51.8 Å². The van der Waals surface area contributed by atoms with Crippen molar-refractivity contribution in [3.05, 3.63) is 65.8 Å². The molecule has 0 saturated carbocycles. The number of amides is 1. The average Bonchev–Trinajstić information content (AvgIpc) is 2.66. The van der Waals surface area contributed by atoms with Crippen LogP contribution in [0, 0.1) is 0 Å². The third kappa shape index (κ3) is 4.97. The summed E-state index contributed by atoms with van der Waals surface area (Å²) in [5.74, 6) is -0.738. The lowest BCUT2D eigenvalue weighted by atomic mass is 10.2. The molecule has 0 saturated heterocycles. The highest BCUT2D eigenvalue weighted by Crippen LogP contribution is 2.22. The van der Waals surface area contributed by atoms with E-state index in [9.17, 15) is 9.59 Å². The van der Waals surface area contributed by atoms with Crippen LogP contribution in [-0.4, -0.2) is 29.2 Å². The van der Waals surface area contributed by atoms with Crippen LogP contribution >= 0.6 is 23.4 Å². The number of esters is 1. The molecular weight excluding hydrogens is 372 g/mol. The van der Waals surface area contributed by atoms with Gasteiger partial charge in [-0.2, -0.15) is 0 Å². The number of rotatable bonds is 6. The molecule has 0 aliphatic carbocycles. The van der Waals surface area contributed by atoms with Crippen LogP contribution in [0.15, 0.2) is 65.7 Å². The second-order valence-corrected chi connectivity index (χ2v) is 6.81. The fourth-order valence-electron chi connectivity index (χ4n) is 2.26. The molecule has 0 radical (unpaired) electrons. The van der Waals surface area contributed by atoms with Gasteiger partial charge in [0, 0.05) is 21.5 Å². The van der Waals surface area contributed by atoms with Gasteiger partial charge in [0.05, 0.1) is 17.0 Å². The van der Waals surface area contributed by atoms with Gasteiger partial charge in [0.2, 0.25) is 0 Å². The SMILES string of the molecule is O=C(COC(=O)CSc1ccc(Cl)cc1)Nc1cccc2ncccc12. The second kappa shape index (κ2) is 8.69. The Morgan fingerprint density at radius 2 is 1.88 bits per heavy atom. The van der Waals surface area contributed by atoms with Gasteiger partial charge < -0.3 is 10.1 Å². The number of ether oxygens (including phenoxy) is 1. The minimum atomic E-state index is -0.459. The molecule has 0 fully saturated rings. The number of aromatic nitrogens is 1. The topological polar surface area (TPSA) is 68.3 Å². The van der Waals surface area contributed by atoms with Crippen LogP contribution in [0.4, 0.5) is 5.69 Å². The minimum absolute atomic E-state index is 0.118. The summed E-state index contributed by atoms with van der Waals surface area (Å²) in [5.41, 5.74) is 1.41. The number of halogens is 1. The third-order valence-electron chi connectivity index (χ3n) is 3.45. The number of nitrogens with zero attached hydrogens (tertiary/aromatic N) is 1. The molecule has 0 spiro atoms. The molecule has 3 aromatic rings. The van der Waals surface area contributed by atoms with Crippen LogP contribution in [-0.2, 0) is 14.3 Å². The number of hydrogen-bond donors (Lipinski definition) is 1. The van der Waals surface area contributed by atoms with Gasteiger partial charge in [-0.3, -0.25) is 14.6 Å². The van der Waals surface area contributed by atoms with Gasteiger partial charge in [-0.1, -0.05) is 17.7 Å². The second-order valence-electron chi connectivity index (χ2n) is 5.33. The number of anilines is 1. The van der Waals surface area contributed by atoms with E-state index < -0.39 is 11.9 Å². The van der Waals surface area contributed by atoms with Crippen molar-refractivity contribution in [2.75, 3.05) is 17.7 Å². The summed E-state index contributed by atoms with van der Waals surface area (Å²) in [5, 5.41) is 4.21. The lowest BCUT2D eigenvalue weighted by Crippen LogP contribution is -2.21. The predicted molar refractivity (Wildman–Crippen MR) is 104 cm³/mol. The summed E-state index contributed by atoms with van der Waals surface area (Å²) < 4.78 is 5.02. The van der Waals surface area contributed by atoms with Gasteiger partial charge in [0.15, 0.2) is 6.61 Å². The van der Waals surface area contributed by atoms with Crippen molar-refractivity contribution in [3.8, 4) is 0 Å². The van der Waals surface area contributed by atoms with E-state index in [1.54, 1.807) is 36.5 Å². The maximum Gasteiger partial charge on any atom is 0.316 e. The van der Waals surface area contributed by atoms with E-state index in [1.807, 2.05) is 24.3 Å². The molecule has 3 rings (SSSR count). The molecule has 1 amide bonds. The highest BCUT2D eigenvalue weighted by atomic mass is 35.5. The summed E-state index contributed by atoms with van der Waals surface area (Å²) in [6.45, 7) is -0.337. The van der Waals surface area contributed by atoms with Crippen molar-refractivity contribution in [2.24, 2.45) is 0 Å².